The molecule has 0 radical (unpaired) electrons. The van der Waals surface area contributed by atoms with Crippen molar-refractivity contribution in [3.05, 3.63) is 52.5 Å². The van der Waals surface area contributed by atoms with Crippen molar-refractivity contribution in [2.75, 3.05) is 5.73 Å². The van der Waals surface area contributed by atoms with E-state index in [9.17, 15) is 0 Å². The molecule has 0 atom stereocenters. The van der Waals surface area contributed by atoms with Crippen molar-refractivity contribution in [3.63, 3.8) is 0 Å². The lowest BCUT2D eigenvalue weighted by Gasteiger charge is -2.10. The van der Waals surface area contributed by atoms with Crippen molar-refractivity contribution in [2.45, 2.75) is 19.8 Å². The number of nitrogens with two attached hydrogens (primary N) is 1. The van der Waals surface area contributed by atoms with E-state index in [-0.39, 0.29) is 0 Å². The Labute approximate surface area is 116 Å². The highest BCUT2D eigenvalue weighted by molar-refractivity contribution is 9.10. The molecular weight excluding hydrogens is 290 g/mol. The maximum Gasteiger partial charge on any atom is 0.151 e. The van der Waals surface area contributed by atoms with E-state index in [0.29, 0.717) is 17.4 Å². The van der Waals surface area contributed by atoms with E-state index in [1.54, 1.807) is 0 Å². The fourth-order valence-electron chi connectivity index (χ4n) is 1.64. The Morgan fingerprint density at radius 3 is 2.33 bits per heavy atom. The van der Waals surface area contributed by atoms with Crippen LogP contribution >= 0.6 is 15.9 Å². The quantitative estimate of drug-likeness (QED) is 0.815. The summed E-state index contributed by atoms with van der Waals surface area (Å²) in [7, 11) is 0. The zero-order valence-corrected chi connectivity index (χ0v) is 12.1. The van der Waals surface area contributed by atoms with Crippen LogP contribution in [0.25, 0.3) is 0 Å². The van der Waals surface area contributed by atoms with Crippen molar-refractivity contribution in [2.24, 2.45) is 0 Å². The van der Waals surface area contributed by atoms with E-state index in [1.807, 2.05) is 30.3 Å². The molecule has 2 nitrogen and oxygen atoms in total. The number of hydrogen-bond acceptors (Lipinski definition) is 2. The molecule has 3 heteroatoms. The summed E-state index contributed by atoms with van der Waals surface area (Å²) in [6, 6.07) is 13.7. The van der Waals surface area contributed by atoms with Crippen LogP contribution in [0.3, 0.4) is 0 Å². The third-order valence-electron chi connectivity index (χ3n) is 2.75. The molecule has 0 saturated heterocycles. The third-order valence-corrected chi connectivity index (χ3v) is 3.24. The topological polar surface area (TPSA) is 35.2 Å². The van der Waals surface area contributed by atoms with Crippen LogP contribution in [0.4, 0.5) is 5.69 Å². The summed E-state index contributed by atoms with van der Waals surface area (Å²) in [5, 5.41) is 0. The van der Waals surface area contributed by atoms with Crippen LogP contribution in [0.2, 0.25) is 0 Å². The minimum atomic E-state index is 0.523. The molecule has 0 heterocycles. The highest BCUT2D eigenvalue weighted by Gasteiger charge is 2.04. The van der Waals surface area contributed by atoms with Crippen LogP contribution in [0, 0.1) is 0 Å². The van der Waals surface area contributed by atoms with Gasteiger partial charge in [0.15, 0.2) is 5.75 Å². The molecule has 0 aliphatic heterocycles. The zero-order valence-electron chi connectivity index (χ0n) is 10.5. The summed E-state index contributed by atoms with van der Waals surface area (Å²) in [6.45, 7) is 4.34. The summed E-state index contributed by atoms with van der Waals surface area (Å²) in [5.74, 6) is 1.99. The SMILES string of the molecule is CC(C)c1ccc(Oc2cc(Br)ccc2N)cc1. The van der Waals surface area contributed by atoms with Gasteiger partial charge in [0, 0.05) is 4.47 Å². The smallest absolute Gasteiger partial charge is 0.151 e. The normalized spacial score (nSPS) is 10.7. The second-order valence-corrected chi connectivity index (χ2v) is 5.42. The first-order valence-electron chi connectivity index (χ1n) is 5.89. The molecule has 0 bridgehead atoms. The molecule has 2 rings (SSSR count). The predicted octanol–water partition coefficient (Wildman–Crippen LogP) is 4.95. The molecule has 0 spiro atoms. The maximum absolute atomic E-state index is 5.87. The minimum absolute atomic E-state index is 0.523. The monoisotopic (exact) mass is 305 g/mol. The number of benzene rings is 2. The zero-order chi connectivity index (χ0) is 13.1. The molecule has 0 aromatic heterocycles. The average Bonchev–Trinajstić information content (AvgIpc) is 2.34. The van der Waals surface area contributed by atoms with Crippen LogP contribution in [-0.2, 0) is 0 Å². The minimum Gasteiger partial charge on any atom is -0.455 e. The Hall–Kier alpha value is -1.48. The molecule has 0 saturated carbocycles. The van der Waals surface area contributed by atoms with Gasteiger partial charge in [0.05, 0.1) is 5.69 Å². The molecule has 0 unspecified atom stereocenters. The lowest BCUT2D eigenvalue weighted by Crippen LogP contribution is -1.92. The number of ether oxygens (including phenoxy) is 1. The molecular formula is C15H16BrNO. The number of hydrogen-bond donors (Lipinski definition) is 1. The summed E-state index contributed by atoms with van der Waals surface area (Å²) >= 11 is 3.40. The van der Waals surface area contributed by atoms with Crippen LogP contribution < -0.4 is 10.5 Å². The first-order valence-corrected chi connectivity index (χ1v) is 6.68. The van der Waals surface area contributed by atoms with Gasteiger partial charge in [-0.2, -0.15) is 0 Å². The number of rotatable bonds is 3. The summed E-state index contributed by atoms with van der Waals surface area (Å²) in [4.78, 5) is 0. The van der Waals surface area contributed by atoms with Gasteiger partial charge in [-0.05, 0) is 41.8 Å². The Kier molecular flexibility index (Phi) is 3.92. The fraction of sp³-hybridized carbons (Fsp3) is 0.200. The van der Waals surface area contributed by atoms with Gasteiger partial charge in [-0.1, -0.05) is 41.9 Å². The van der Waals surface area contributed by atoms with E-state index in [2.05, 4.69) is 41.9 Å². The lowest BCUT2D eigenvalue weighted by atomic mass is 10.0. The molecule has 2 N–H and O–H groups in total. The highest BCUT2D eigenvalue weighted by atomic mass is 79.9. The van der Waals surface area contributed by atoms with Crippen LogP contribution in [0.1, 0.15) is 25.3 Å². The van der Waals surface area contributed by atoms with Gasteiger partial charge in [0.25, 0.3) is 0 Å². The second-order valence-electron chi connectivity index (χ2n) is 4.51. The van der Waals surface area contributed by atoms with Gasteiger partial charge < -0.3 is 10.5 Å². The third kappa shape index (κ3) is 3.05. The van der Waals surface area contributed by atoms with Gasteiger partial charge in [0.2, 0.25) is 0 Å². The Morgan fingerprint density at radius 2 is 1.72 bits per heavy atom. The molecule has 18 heavy (non-hydrogen) atoms. The first-order chi connectivity index (χ1) is 8.56. The van der Waals surface area contributed by atoms with Gasteiger partial charge in [-0.25, -0.2) is 0 Å². The Morgan fingerprint density at radius 1 is 1.06 bits per heavy atom. The molecule has 0 amide bonds. The number of nitrogen functional groups attached to an aromatic ring is 1. The molecule has 94 valence electrons. The van der Waals surface area contributed by atoms with Gasteiger partial charge >= 0.3 is 0 Å². The summed E-state index contributed by atoms with van der Waals surface area (Å²) in [6.07, 6.45) is 0. The molecule has 2 aromatic carbocycles. The van der Waals surface area contributed by atoms with Crippen LogP contribution in [0.15, 0.2) is 46.9 Å². The van der Waals surface area contributed by atoms with E-state index in [4.69, 9.17) is 10.5 Å². The standard InChI is InChI=1S/C15H16BrNO/c1-10(2)11-3-6-13(7-4-11)18-15-9-12(16)5-8-14(15)17/h3-10H,17H2,1-2H3. The summed E-state index contributed by atoms with van der Waals surface area (Å²) in [5.41, 5.74) is 7.80. The maximum atomic E-state index is 5.87. The van der Waals surface area contributed by atoms with Gasteiger partial charge in [0.1, 0.15) is 5.75 Å². The Bertz CT molecular complexity index is 535. The van der Waals surface area contributed by atoms with Crippen molar-refractivity contribution >= 4 is 21.6 Å². The fourth-order valence-corrected chi connectivity index (χ4v) is 1.98. The molecule has 0 aliphatic carbocycles. The number of halogens is 1. The van der Waals surface area contributed by atoms with Crippen LogP contribution in [0.5, 0.6) is 11.5 Å². The first kappa shape index (κ1) is 13.0. The number of anilines is 1. The average molecular weight is 306 g/mol. The summed E-state index contributed by atoms with van der Waals surface area (Å²) < 4.78 is 6.72. The Balaban J connectivity index is 2.21. The molecule has 2 aromatic rings. The van der Waals surface area contributed by atoms with E-state index >= 15 is 0 Å². The van der Waals surface area contributed by atoms with Crippen molar-refractivity contribution < 1.29 is 4.74 Å². The van der Waals surface area contributed by atoms with Crippen molar-refractivity contribution in [1.29, 1.82) is 0 Å². The lowest BCUT2D eigenvalue weighted by molar-refractivity contribution is 0.484. The van der Waals surface area contributed by atoms with Crippen molar-refractivity contribution in [1.82, 2.24) is 0 Å². The van der Waals surface area contributed by atoms with E-state index in [0.717, 1.165) is 10.2 Å². The van der Waals surface area contributed by atoms with Gasteiger partial charge in [-0.3, -0.25) is 0 Å². The van der Waals surface area contributed by atoms with Crippen molar-refractivity contribution in [3.8, 4) is 11.5 Å². The molecule has 0 aliphatic rings. The largest absolute Gasteiger partial charge is 0.455 e. The van der Waals surface area contributed by atoms with E-state index < -0.39 is 0 Å². The molecule has 0 fully saturated rings. The van der Waals surface area contributed by atoms with E-state index in [1.165, 1.54) is 5.56 Å². The highest BCUT2D eigenvalue weighted by Crippen LogP contribution is 2.30. The predicted molar refractivity (Wildman–Crippen MR) is 79.2 cm³/mol. The second kappa shape index (κ2) is 5.44. The van der Waals surface area contributed by atoms with Gasteiger partial charge in [-0.15, -0.1) is 0 Å². The van der Waals surface area contributed by atoms with Crippen LogP contribution in [-0.4, -0.2) is 0 Å².